The largest absolute Gasteiger partial charge is 0.369 e. The summed E-state index contributed by atoms with van der Waals surface area (Å²) in [5.41, 5.74) is 5.69. The number of carbonyl (C=O) groups is 2. The smallest absolute Gasteiger partial charge is 0.226 e. The van der Waals surface area contributed by atoms with E-state index < -0.39 is 0 Å². The van der Waals surface area contributed by atoms with Crippen LogP contribution in [0.25, 0.3) is 0 Å². The zero-order valence-corrected chi connectivity index (χ0v) is 15.8. The molecule has 1 heterocycles. The van der Waals surface area contributed by atoms with Crippen molar-refractivity contribution in [2.45, 2.75) is 84.6 Å². The van der Waals surface area contributed by atoms with E-state index in [0.29, 0.717) is 17.9 Å². The fourth-order valence-electron chi connectivity index (χ4n) is 4.91. The summed E-state index contributed by atoms with van der Waals surface area (Å²) in [6, 6.07) is 0.407. The van der Waals surface area contributed by atoms with Crippen molar-refractivity contribution in [1.82, 2.24) is 4.90 Å². The average molecular weight is 337 g/mol. The molecule has 0 aromatic heterocycles. The lowest BCUT2D eigenvalue weighted by atomic mass is 9.76. The highest BCUT2D eigenvalue weighted by atomic mass is 16.2. The summed E-state index contributed by atoms with van der Waals surface area (Å²) in [5.74, 6) is 0.432. The van der Waals surface area contributed by atoms with E-state index in [9.17, 15) is 9.59 Å². The minimum Gasteiger partial charge on any atom is -0.369 e. The van der Waals surface area contributed by atoms with Crippen LogP contribution in [0.3, 0.4) is 0 Å². The Bertz CT molecular complexity index is 433. The normalized spacial score (nSPS) is 26.8. The SMILES string of the molecule is CCC[C@H](C(N)=O)[C@@H](CC(C)C)C(=O)N1CCCC2CCCCC21. The molecule has 0 bridgehead atoms. The molecule has 1 saturated heterocycles. The van der Waals surface area contributed by atoms with Crippen molar-refractivity contribution < 1.29 is 9.59 Å². The lowest BCUT2D eigenvalue weighted by molar-refractivity contribution is -0.147. The highest BCUT2D eigenvalue weighted by molar-refractivity contribution is 5.87. The zero-order valence-electron chi connectivity index (χ0n) is 15.8. The molecule has 2 N–H and O–H groups in total. The Labute approximate surface area is 147 Å². The number of hydrogen-bond acceptors (Lipinski definition) is 2. The van der Waals surface area contributed by atoms with Gasteiger partial charge in [0.1, 0.15) is 0 Å². The van der Waals surface area contributed by atoms with Crippen molar-refractivity contribution in [3.63, 3.8) is 0 Å². The quantitative estimate of drug-likeness (QED) is 0.770. The molecule has 0 radical (unpaired) electrons. The number of piperidine rings is 1. The van der Waals surface area contributed by atoms with Crippen molar-refractivity contribution >= 4 is 11.8 Å². The molecule has 138 valence electrons. The van der Waals surface area contributed by atoms with Crippen molar-refractivity contribution in [3.8, 4) is 0 Å². The van der Waals surface area contributed by atoms with Crippen molar-refractivity contribution in [1.29, 1.82) is 0 Å². The van der Waals surface area contributed by atoms with Crippen LogP contribution in [0, 0.1) is 23.7 Å². The van der Waals surface area contributed by atoms with Gasteiger partial charge in [-0.2, -0.15) is 0 Å². The van der Waals surface area contributed by atoms with Crippen LogP contribution in [-0.4, -0.2) is 29.3 Å². The van der Waals surface area contributed by atoms with Gasteiger partial charge in [-0.15, -0.1) is 0 Å². The molecule has 2 rings (SSSR count). The second-order valence-corrected chi connectivity index (χ2v) is 8.32. The number of rotatable bonds is 7. The van der Waals surface area contributed by atoms with E-state index in [1.54, 1.807) is 0 Å². The van der Waals surface area contributed by atoms with Crippen LogP contribution < -0.4 is 5.73 Å². The van der Waals surface area contributed by atoms with Crippen molar-refractivity contribution in [2.75, 3.05) is 6.54 Å². The van der Waals surface area contributed by atoms with Crippen LogP contribution in [0.2, 0.25) is 0 Å². The molecule has 1 saturated carbocycles. The Hall–Kier alpha value is -1.06. The Kier molecular flexibility index (Phi) is 7.12. The number of likely N-dealkylation sites (tertiary alicyclic amines) is 1. The third kappa shape index (κ3) is 4.52. The molecule has 2 unspecified atom stereocenters. The summed E-state index contributed by atoms with van der Waals surface area (Å²) in [6.45, 7) is 7.19. The summed E-state index contributed by atoms with van der Waals surface area (Å²) in [7, 11) is 0. The number of nitrogens with zero attached hydrogens (tertiary/aromatic N) is 1. The number of primary amides is 1. The Morgan fingerprint density at radius 1 is 1.08 bits per heavy atom. The van der Waals surface area contributed by atoms with Gasteiger partial charge in [-0.3, -0.25) is 9.59 Å². The number of hydrogen-bond donors (Lipinski definition) is 1. The zero-order chi connectivity index (χ0) is 17.7. The molecule has 24 heavy (non-hydrogen) atoms. The van der Waals surface area contributed by atoms with E-state index in [0.717, 1.165) is 38.6 Å². The van der Waals surface area contributed by atoms with Crippen molar-refractivity contribution in [2.24, 2.45) is 29.4 Å². The predicted octanol–water partition coefficient (Wildman–Crippen LogP) is 3.73. The predicted molar refractivity (Wildman–Crippen MR) is 97.2 cm³/mol. The molecule has 1 aliphatic carbocycles. The molecular formula is C20H36N2O2. The van der Waals surface area contributed by atoms with Crippen LogP contribution in [-0.2, 0) is 9.59 Å². The van der Waals surface area contributed by atoms with Gasteiger partial charge < -0.3 is 10.6 Å². The number of carbonyl (C=O) groups excluding carboxylic acids is 2. The summed E-state index contributed by atoms with van der Waals surface area (Å²) in [4.78, 5) is 27.6. The van der Waals surface area contributed by atoms with Gasteiger partial charge in [-0.05, 0) is 50.4 Å². The first-order valence-corrected chi connectivity index (χ1v) is 10.1. The van der Waals surface area contributed by atoms with Gasteiger partial charge in [-0.25, -0.2) is 0 Å². The topological polar surface area (TPSA) is 63.4 Å². The first kappa shape index (κ1) is 19.3. The molecule has 4 heteroatoms. The van der Waals surface area contributed by atoms with Gasteiger partial charge in [-0.1, -0.05) is 40.0 Å². The average Bonchev–Trinajstić information content (AvgIpc) is 2.56. The van der Waals surface area contributed by atoms with Gasteiger partial charge in [0.05, 0.1) is 0 Å². The standard InChI is InChI=1S/C20H36N2O2/c1-4-8-16(19(21)23)17(13-14(2)3)20(24)22-12-7-10-15-9-5-6-11-18(15)22/h14-18H,4-13H2,1-3H3,(H2,21,23)/t15?,16-,17+,18?/m0/s1. The molecule has 2 fully saturated rings. The minimum absolute atomic E-state index is 0.206. The third-order valence-electron chi connectivity index (χ3n) is 6.02. The molecule has 0 aromatic rings. The van der Waals surface area contributed by atoms with E-state index in [2.05, 4.69) is 25.7 Å². The number of nitrogens with two attached hydrogens (primary N) is 1. The Morgan fingerprint density at radius 3 is 2.38 bits per heavy atom. The van der Waals surface area contributed by atoms with Crippen LogP contribution in [0.4, 0.5) is 0 Å². The molecule has 2 aliphatic rings. The number of fused-ring (bicyclic) bond motifs is 1. The van der Waals surface area contributed by atoms with Crippen molar-refractivity contribution in [3.05, 3.63) is 0 Å². The van der Waals surface area contributed by atoms with E-state index in [1.165, 1.54) is 25.7 Å². The summed E-state index contributed by atoms with van der Waals surface area (Å²) in [5, 5.41) is 0. The summed E-state index contributed by atoms with van der Waals surface area (Å²) >= 11 is 0. The third-order valence-corrected chi connectivity index (χ3v) is 6.02. The van der Waals surface area contributed by atoms with E-state index in [1.807, 2.05) is 0 Å². The van der Waals surface area contributed by atoms with E-state index in [4.69, 9.17) is 5.73 Å². The minimum atomic E-state index is -0.311. The maximum atomic E-state index is 13.4. The van der Waals surface area contributed by atoms with Crippen LogP contribution in [0.1, 0.15) is 78.6 Å². The maximum Gasteiger partial charge on any atom is 0.226 e. The molecule has 1 aliphatic heterocycles. The first-order valence-electron chi connectivity index (χ1n) is 10.1. The Balaban J connectivity index is 2.20. The summed E-state index contributed by atoms with van der Waals surface area (Å²) < 4.78 is 0. The lowest BCUT2D eigenvalue weighted by Gasteiger charge is -2.46. The van der Waals surface area contributed by atoms with Crippen LogP contribution in [0.5, 0.6) is 0 Å². The highest BCUT2D eigenvalue weighted by Crippen LogP contribution is 2.37. The highest BCUT2D eigenvalue weighted by Gasteiger charge is 2.41. The van der Waals surface area contributed by atoms with Crippen LogP contribution >= 0.6 is 0 Å². The number of amides is 2. The van der Waals surface area contributed by atoms with Gasteiger partial charge in [0.15, 0.2) is 0 Å². The molecule has 4 nitrogen and oxygen atoms in total. The molecule has 0 aromatic carbocycles. The van der Waals surface area contributed by atoms with Gasteiger partial charge in [0.25, 0.3) is 0 Å². The van der Waals surface area contributed by atoms with E-state index >= 15 is 0 Å². The van der Waals surface area contributed by atoms with Gasteiger partial charge in [0.2, 0.25) is 11.8 Å². The van der Waals surface area contributed by atoms with Gasteiger partial charge in [0, 0.05) is 24.4 Å². The molecular weight excluding hydrogens is 300 g/mol. The first-order chi connectivity index (χ1) is 11.5. The maximum absolute atomic E-state index is 13.4. The lowest BCUT2D eigenvalue weighted by Crippen LogP contribution is -2.53. The molecule has 0 spiro atoms. The Morgan fingerprint density at radius 2 is 1.75 bits per heavy atom. The van der Waals surface area contributed by atoms with E-state index in [-0.39, 0.29) is 23.7 Å². The fourth-order valence-corrected chi connectivity index (χ4v) is 4.91. The van der Waals surface area contributed by atoms with Crippen LogP contribution in [0.15, 0.2) is 0 Å². The monoisotopic (exact) mass is 336 g/mol. The molecule has 4 atom stereocenters. The fraction of sp³-hybridized carbons (Fsp3) is 0.900. The second-order valence-electron chi connectivity index (χ2n) is 8.32. The second kappa shape index (κ2) is 8.87. The van der Waals surface area contributed by atoms with Gasteiger partial charge >= 0.3 is 0 Å². The molecule has 2 amide bonds. The summed E-state index contributed by atoms with van der Waals surface area (Å²) in [6.07, 6.45) is 9.68.